The number of Topliss-reactive ketones (excluding diaryl/α,β-unsaturated/α-hetero) is 1. The lowest BCUT2D eigenvalue weighted by Crippen LogP contribution is -2.30. The van der Waals surface area contributed by atoms with Crippen LogP contribution >= 0.6 is 0 Å². The number of aliphatic hydroxyl groups excluding tert-OH is 1. The Morgan fingerprint density at radius 1 is 1.00 bits per heavy atom. The Bertz CT molecular complexity index is 1580. The first kappa shape index (κ1) is 25.1. The predicted octanol–water partition coefficient (Wildman–Crippen LogP) is 5.60. The lowest BCUT2D eigenvalue weighted by molar-refractivity contribution is -0.132. The summed E-state index contributed by atoms with van der Waals surface area (Å²) in [6.45, 7) is 7.70. The van der Waals surface area contributed by atoms with Gasteiger partial charge in [0.15, 0.2) is 0 Å². The van der Waals surface area contributed by atoms with Gasteiger partial charge in [0.1, 0.15) is 17.3 Å². The molecule has 1 fully saturated rings. The van der Waals surface area contributed by atoms with Crippen LogP contribution in [0, 0.1) is 13.8 Å². The van der Waals surface area contributed by atoms with E-state index in [-0.39, 0.29) is 23.4 Å². The van der Waals surface area contributed by atoms with E-state index in [0.29, 0.717) is 28.1 Å². The van der Waals surface area contributed by atoms with Crippen molar-refractivity contribution < 1.29 is 24.2 Å². The van der Waals surface area contributed by atoms with Crippen molar-refractivity contribution in [1.29, 1.82) is 0 Å². The number of aryl methyl sites for hydroxylation is 2. The first-order valence-corrected chi connectivity index (χ1v) is 12.4. The van der Waals surface area contributed by atoms with E-state index in [2.05, 4.69) is 9.97 Å². The molecule has 0 saturated carbocycles. The summed E-state index contributed by atoms with van der Waals surface area (Å²) in [4.78, 5) is 36.2. The van der Waals surface area contributed by atoms with Crippen LogP contribution in [-0.4, -0.2) is 40.0 Å². The van der Waals surface area contributed by atoms with Gasteiger partial charge in [0, 0.05) is 0 Å². The lowest BCUT2D eigenvalue weighted by Gasteiger charge is -2.23. The number of methoxy groups -OCH3 is 1. The maximum absolute atomic E-state index is 13.5. The zero-order valence-electron chi connectivity index (χ0n) is 21.9. The molecule has 0 spiro atoms. The minimum atomic E-state index is -0.935. The van der Waals surface area contributed by atoms with Crippen molar-refractivity contribution in [2.75, 3.05) is 12.0 Å². The number of H-pyrrole nitrogens is 1. The van der Waals surface area contributed by atoms with E-state index in [4.69, 9.17) is 9.47 Å². The molecule has 4 aromatic rings. The van der Waals surface area contributed by atoms with Gasteiger partial charge in [-0.1, -0.05) is 29.8 Å². The van der Waals surface area contributed by atoms with Crippen molar-refractivity contribution in [2.45, 2.75) is 39.8 Å². The molecule has 1 aliphatic heterocycles. The fourth-order valence-electron chi connectivity index (χ4n) is 4.74. The first-order valence-electron chi connectivity index (χ1n) is 12.4. The number of aromatic amines is 1. The van der Waals surface area contributed by atoms with Gasteiger partial charge in [-0.2, -0.15) is 0 Å². The van der Waals surface area contributed by atoms with Crippen LogP contribution in [0.4, 0.5) is 5.95 Å². The zero-order chi connectivity index (χ0) is 27.1. The molecule has 1 aromatic heterocycles. The van der Waals surface area contributed by atoms with Crippen molar-refractivity contribution >= 4 is 34.4 Å². The smallest absolute Gasteiger partial charge is 0.302 e. The molecule has 1 amide bonds. The van der Waals surface area contributed by atoms with Crippen LogP contribution in [0.5, 0.6) is 11.5 Å². The molecule has 194 valence electrons. The Morgan fingerprint density at radius 2 is 1.68 bits per heavy atom. The van der Waals surface area contributed by atoms with Gasteiger partial charge in [0.05, 0.1) is 41.4 Å². The van der Waals surface area contributed by atoms with Crippen molar-refractivity contribution in [2.24, 2.45) is 0 Å². The molecule has 0 aliphatic carbocycles. The largest absolute Gasteiger partial charge is 0.507 e. The highest BCUT2D eigenvalue weighted by atomic mass is 16.5. The average Bonchev–Trinajstić information content (AvgIpc) is 3.41. The Balaban J connectivity index is 1.72. The minimum Gasteiger partial charge on any atom is -0.507 e. The zero-order valence-corrected chi connectivity index (χ0v) is 21.9. The average molecular weight is 512 g/mol. The SMILES string of the molecule is COc1ccc(C)cc1/C(O)=C1\C(=O)C(=O)N(c2nc3ccc(C)cc3[nH]2)C1c1ccc(OC(C)C)cc1. The maximum Gasteiger partial charge on any atom is 0.302 e. The number of imidazole rings is 1. The van der Waals surface area contributed by atoms with Gasteiger partial charge >= 0.3 is 5.91 Å². The number of anilines is 1. The number of aromatic nitrogens is 2. The van der Waals surface area contributed by atoms with E-state index in [9.17, 15) is 14.7 Å². The normalized spacial score (nSPS) is 17.0. The fraction of sp³-hybridized carbons (Fsp3) is 0.233. The van der Waals surface area contributed by atoms with E-state index >= 15 is 0 Å². The van der Waals surface area contributed by atoms with Crippen molar-refractivity contribution in [3.05, 3.63) is 88.5 Å². The van der Waals surface area contributed by atoms with Gasteiger partial charge in [-0.15, -0.1) is 0 Å². The Hall–Kier alpha value is -4.59. The second-order valence-electron chi connectivity index (χ2n) is 9.69. The van der Waals surface area contributed by atoms with E-state index in [1.165, 1.54) is 12.0 Å². The van der Waals surface area contributed by atoms with Crippen LogP contribution in [0.2, 0.25) is 0 Å². The molecule has 0 radical (unpaired) electrons. The molecule has 1 aliphatic rings. The number of hydrogen-bond acceptors (Lipinski definition) is 6. The molecule has 1 unspecified atom stereocenters. The first-order chi connectivity index (χ1) is 18.2. The van der Waals surface area contributed by atoms with Crippen LogP contribution in [0.25, 0.3) is 16.8 Å². The topological polar surface area (TPSA) is 105 Å². The highest BCUT2D eigenvalue weighted by Crippen LogP contribution is 2.43. The molecule has 8 nitrogen and oxygen atoms in total. The molecule has 3 aromatic carbocycles. The summed E-state index contributed by atoms with van der Waals surface area (Å²) in [5, 5.41) is 11.5. The van der Waals surface area contributed by atoms with E-state index in [0.717, 1.165) is 16.6 Å². The Morgan fingerprint density at radius 3 is 2.37 bits per heavy atom. The third kappa shape index (κ3) is 4.38. The maximum atomic E-state index is 13.5. The van der Waals surface area contributed by atoms with Crippen molar-refractivity contribution in [3.8, 4) is 11.5 Å². The molecule has 0 bridgehead atoms. The van der Waals surface area contributed by atoms with Crippen molar-refractivity contribution in [1.82, 2.24) is 9.97 Å². The van der Waals surface area contributed by atoms with Crippen LogP contribution in [-0.2, 0) is 9.59 Å². The second-order valence-corrected chi connectivity index (χ2v) is 9.69. The van der Waals surface area contributed by atoms with Gasteiger partial charge < -0.3 is 19.6 Å². The van der Waals surface area contributed by atoms with Crippen LogP contribution in [0.1, 0.15) is 42.1 Å². The fourth-order valence-corrected chi connectivity index (χ4v) is 4.74. The lowest BCUT2D eigenvalue weighted by atomic mass is 9.94. The van der Waals surface area contributed by atoms with Gasteiger partial charge in [0.25, 0.3) is 5.78 Å². The summed E-state index contributed by atoms with van der Waals surface area (Å²) < 4.78 is 11.2. The summed E-state index contributed by atoms with van der Waals surface area (Å²) in [6, 6.07) is 17.2. The highest BCUT2D eigenvalue weighted by molar-refractivity contribution is 6.51. The summed E-state index contributed by atoms with van der Waals surface area (Å²) in [5.41, 5.74) is 4.18. The van der Waals surface area contributed by atoms with Gasteiger partial charge in [-0.3, -0.25) is 14.5 Å². The Labute approximate surface area is 220 Å². The Kier molecular flexibility index (Phi) is 6.40. The predicted molar refractivity (Wildman–Crippen MR) is 146 cm³/mol. The molecule has 1 saturated heterocycles. The van der Waals surface area contributed by atoms with E-state index < -0.39 is 17.7 Å². The number of rotatable bonds is 6. The summed E-state index contributed by atoms with van der Waals surface area (Å²) in [6.07, 6.45) is -0.0146. The number of amides is 1. The number of aliphatic hydroxyl groups is 1. The van der Waals surface area contributed by atoms with Crippen LogP contribution < -0.4 is 14.4 Å². The van der Waals surface area contributed by atoms with Gasteiger partial charge in [0.2, 0.25) is 5.95 Å². The molecule has 2 N–H and O–H groups in total. The van der Waals surface area contributed by atoms with Crippen molar-refractivity contribution in [3.63, 3.8) is 0 Å². The summed E-state index contributed by atoms with van der Waals surface area (Å²) in [7, 11) is 1.49. The van der Waals surface area contributed by atoms with Crippen LogP contribution in [0.3, 0.4) is 0 Å². The number of nitrogens with one attached hydrogen (secondary N) is 1. The van der Waals surface area contributed by atoms with E-state index in [1.54, 1.807) is 36.4 Å². The van der Waals surface area contributed by atoms with E-state index in [1.807, 2.05) is 52.0 Å². The molecule has 38 heavy (non-hydrogen) atoms. The molecular formula is C30H29N3O5. The third-order valence-corrected chi connectivity index (χ3v) is 6.48. The minimum absolute atomic E-state index is 0.0146. The second kappa shape index (κ2) is 9.70. The molecule has 2 heterocycles. The quantitative estimate of drug-likeness (QED) is 0.198. The van der Waals surface area contributed by atoms with Gasteiger partial charge in [-0.05, 0) is 75.2 Å². The number of carbonyl (C=O) groups excluding carboxylic acids is 2. The summed E-state index contributed by atoms with van der Waals surface area (Å²) >= 11 is 0. The third-order valence-electron chi connectivity index (χ3n) is 6.48. The monoisotopic (exact) mass is 511 g/mol. The molecule has 8 heteroatoms. The number of ketones is 1. The summed E-state index contributed by atoms with van der Waals surface area (Å²) in [5.74, 6) is -0.656. The molecular weight excluding hydrogens is 482 g/mol. The number of ether oxygens (including phenoxy) is 2. The number of carbonyl (C=O) groups is 2. The molecule has 5 rings (SSSR count). The number of hydrogen-bond donors (Lipinski definition) is 2. The van der Waals surface area contributed by atoms with Crippen LogP contribution in [0.15, 0.2) is 66.2 Å². The standard InChI is InChI=1S/C30H29N3O5/c1-16(2)38-20-10-8-19(9-11-20)26-25(27(34)21-14-17(3)7-13-24(21)37-5)28(35)29(36)33(26)30-31-22-12-6-18(4)15-23(22)32-30/h6-16,26,34H,1-5H3,(H,31,32)/b27-25+. The van der Waals surface area contributed by atoms with Gasteiger partial charge in [-0.25, -0.2) is 4.98 Å². The number of benzene rings is 3. The highest BCUT2D eigenvalue weighted by Gasteiger charge is 2.48. The molecule has 1 atom stereocenters. The number of nitrogens with zero attached hydrogens (tertiary/aromatic N) is 2. The number of fused-ring (bicyclic) bond motifs is 1.